The van der Waals surface area contributed by atoms with Crippen LogP contribution >= 0.6 is 0 Å². The minimum absolute atomic E-state index is 0.0178. The number of carbonyl (C=O) groups is 1. The summed E-state index contributed by atoms with van der Waals surface area (Å²) < 4.78 is 0. The first-order valence-corrected chi connectivity index (χ1v) is 7.54. The Kier molecular flexibility index (Phi) is 6.85. The quantitative estimate of drug-likeness (QED) is 0.690. The summed E-state index contributed by atoms with van der Waals surface area (Å²) in [6, 6.07) is 7.87. The van der Waals surface area contributed by atoms with Crippen molar-refractivity contribution in [3.05, 3.63) is 29.8 Å². The molecule has 0 heterocycles. The van der Waals surface area contributed by atoms with Crippen molar-refractivity contribution in [3.63, 3.8) is 0 Å². The molecule has 4 heteroatoms. The lowest BCUT2D eigenvalue weighted by molar-refractivity contribution is -0.116. The minimum Gasteiger partial charge on any atom is -0.396 e. The molecule has 1 rings (SSSR count). The van der Waals surface area contributed by atoms with Crippen LogP contribution in [-0.2, 0) is 4.79 Å². The molecule has 1 aromatic carbocycles. The lowest BCUT2D eigenvalue weighted by Gasteiger charge is -2.26. The average Bonchev–Trinajstić information content (AvgIpc) is 2.39. The Morgan fingerprint density at radius 3 is 2.62 bits per heavy atom. The van der Waals surface area contributed by atoms with E-state index in [0.717, 1.165) is 24.2 Å². The number of anilines is 1. The summed E-state index contributed by atoms with van der Waals surface area (Å²) >= 11 is 0. The molecule has 21 heavy (non-hydrogen) atoms. The van der Waals surface area contributed by atoms with Crippen molar-refractivity contribution in [2.45, 2.75) is 46.6 Å². The van der Waals surface area contributed by atoms with Crippen LogP contribution in [0.4, 0.5) is 5.69 Å². The number of benzene rings is 1. The molecule has 4 nitrogen and oxygen atoms in total. The number of hydrogen-bond acceptors (Lipinski definition) is 3. The highest BCUT2D eigenvalue weighted by Crippen LogP contribution is 2.18. The summed E-state index contributed by atoms with van der Waals surface area (Å²) in [6.07, 6.45) is 1.19. The molecule has 0 radical (unpaired) electrons. The Balaban J connectivity index is 2.39. The van der Waals surface area contributed by atoms with E-state index in [0.29, 0.717) is 6.42 Å². The van der Waals surface area contributed by atoms with Gasteiger partial charge in [0.15, 0.2) is 0 Å². The summed E-state index contributed by atoms with van der Waals surface area (Å²) in [4.78, 5) is 12.0. The van der Waals surface area contributed by atoms with Gasteiger partial charge in [0.2, 0.25) is 5.91 Å². The highest BCUT2D eigenvalue weighted by Gasteiger charge is 2.18. The van der Waals surface area contributed by atoms with E-state index in [4.69, 9.17) is 5.11 Å². The molecule has 0 fully saturated rings. The third kappa shape index (κ3) is 6.74. The van der Waals surface area contributed by atoms with Crippen LogP contribution in [0.2, 0.25) is 0 Å². The molecule has 0 aliphatic carbocycles. The van der Waals surface area contributed by atoms with E-state index in [1.165, 1.54) is 0 Å². The number of amides is 1. The topological polar surface area (TPSA) is 61.4 Å². The number of hydrogen-bond donors (Lipinski definition) is 3. The van der Waals surface area contributed by atoms with E-state index in [9.17, 15) is 4.79 Å². The van der Waals surface area contributed by atoms with Crippen molar-refractivity contribution in [1.82, 2.24) is 5.32 Å². The number of aryl methyl sites for hydroxylation is 1. The predicted molar refractivity (Wildman–Crippen MR) is 87.4 cm³/mol. The second-order valence-corrected chi connectivity index (χ2v) is 6.49. The third-order valence-electron chi connectivity index (χ3n) is 3.63. The Morgan fingerprint density at radius 2 is 2.00 bits per heavy atom. The SMILES string of the molecule is Cc1ccccc1NC(=O)CC(C)NCC(C)(C)CCO. The Morgan fingerprint density at radius 1 is 1.33 bits per heavy atom. The molecule has 1 amide bonds. The summed E-state index contributed by atoms with van der Waals surface area (Å²) in [5.41, 5.74) is 1.97. The van der Waals surface area contributed by atoms with Crippen LogP contribution in [0.3, 0.4) is 0 Å². The van der Waals surface area contributed by atoms with E-state index in [1.54, 1.807) is 0 Å². The van der Waals surface area contributed by atoms with Crippen molar-refractivity contribution in [1.29, 1.82) is 0 Å². The first-order valence-electron chi connectivity index (χ1n) is 7.54. The number of nitrogens with one attached hydrogen (secondary N) is 2. The van der Waals surface area contributed by atoms with Crippen molar-refractivity contribution >= 4 is 11.6 Å². The van der Waals surface area contributed by atoms with Gasteiger partial charge in [-0.05, 0) is 37.3 Å². The van der Waals surface area contributed by atoms with Gasteiger partial charge in [-0.15, -0.1) is 0 Å². The predicted octanol–water partition coefficient (Wildman–Crippen LogP) is 2.71. The van der Waals surface area contributed by atoms with Gasteiger partial charge in [-0.3, -0.25) is 4.79 Å². The van der Waals surface area contributed by atoms with Crippen molar-refractivity contribution < 1.29 is 9.90 Å². The molecule has 0 aliphatic heterocycles. The Hall–Kier alpha value is -1.39. The maximum atomic E-state index is 12.0. The van der Waals surface area contributed by atoms with Crippen LogP contribution in [0, 0.1) is 12.3 Å². The molecule has 0 aromatic heterocycles. The average molecular weight is 292 g/mol. The van der Waals surface area contributed by atoms with Gasteiger partial charge in [-0.1, -0.05) is 32.0 Å². The van der Waals surface area contributed by atoms with E-state index < -0.39 is 0 Å². The van der Waals surface area contributed by atoms with Gasteiger partial charge in [0.05, 0.1) is 0 Å². The van der Waals surface area contributed by atoms with Crippen LogP contribution < -0.4 is 10.6 Å². The van der Waals surface area contributed by atoms with Crippen LogP contribution in [0.5, 0.6) is 0 Å². The van der Waals surface area contributed by atoms with E-state index in [-0.39, 0.29) is 24.0 Å². The zero-order chi connectivity index (χ0) is 15.9. The zero-order valence-corrected chi connectivity index (χ0v) is 13.6. The number of rotatable bonds is 8. The molecule has 0 saturated heterocycles. The number of carbonyl (C=O) groups excluding carboxylic acids is 1. The molecule has 0 spiro atoms. The summed E-state index contributed by atoms with van der Waals surface area (Å²) in [6.45, 7) is 9.18. The largest absolute Gasteiger partial charge is 0.396 e. The molecule has 118 valence electrons. The Bertz CT molecular complexity index is 458. The fourth-order valence-electron chi connectivity index (χ4n) is 2.11. The van der Waals surface area contributed by atoms with Crippen LogP contribution in [0.1, 0.15) is 39.2 Å². The number of para-hydroxylation sites is 1. The Labute approximate surface area is 128 Å². The molecule has 3 N–H and O–H groups in total. The van der Waals surface area contributed by atoms with Gasteiger partial charge in [0.1, 0.15) is 0 Å². The highest BCUT2D eigenvalue weighted by atomic mass is 16.3. The third-order valence-corrected chi connectivity index (χ3v) is 3.63. The molecule has 0 bridgehead atoms. The standard InChI is InChI=1S/C17H28N2O2/c1-13-7-5-6-8-15(13)19-16(21)11-14(2)18-12-17(3,4)9-10-20/h5-8,14,18,20H,9-12H2,1-4H3,(H,19,21). The lowest BCUT2D eigenvalue weighted by Crippen LogP contribution is -2.37. The van der Waals surface area contributed by atoms with Gasteiger partial charge in [-0.25, -0.2) is 0 Å². The van der Waals surface area contributed by atoms with Crippen LogP contribution in [0.25, 0.3) is 0 Å². The van der Waals surface area contributed by atoms with Gasteiger partial charge >= 0.3 is 0 Å². The summed E-state index contributed by atoms with van der Waals surface area (Å²) in [5, 5.41) is 15.3. The van der Waals surface area contributed by atoms with Crippen molar-refractivity contribution in [2.75, 3.05) is 18.5 Å². The number of aliphatic hydroxyl groups excluding tert-OH is 1. The van der Waals surface area contributed by atoms with Crippen LogP contribution in [-0.4, -0.2) is 30.2 Å². The molecule has 0 saturated carbocycles. The molecule has 1 unspecified atom stereocenters. The maximum Gasteiger partial charge on any atom is 0.225 e. The van der Waals surface area contributed by atoms with Gasteiger partial charge in [-0.2, -0.15) is 0 Å². The van der Waals surface area contributed by atoms with Crippen molar-refractivity contribution in [2.24, 2.45) is 5.41 Å². The van der Waals surface area contributed by atoms with E-state index in [1.807, 2.05) is 38.1 Å². The fraction of sp³-hybridized carbons (Fsp3) is 0.588. The van der Waals surface area contributed by atoms with E-state index >= 15 is 0 Å². The maximum absolute atomic E-state index is 12.0. The van der Waals surface area contributed by atoms with Gasteiger partial charge < -0.3 is 15.7 Å². The van der Waals surface area contributed by atoms with E-state index in [2.05, 4.69) is 24.5 Å². The minimum atomic E-state index is 0.0178. The molecular formula is C17H28N2O2. The molecule has 1 aromatic rings. The summed E-state index contributed by atoms with van der Waals surface area (Å²) in [5.74, 6) is 0.0178. The van der Waals surface area contributed by atoms with Crippen molar-refractivity contribution in [3.8, 4) is 0 Å². The monoisotopic (exact) mass is 292 g/mol. The summed E-state index contributed by atoms with van der Waals surface area (Å²) in [7, 11) is 0. The highest BCUT2D eigenvalue weighted by molar-refractivity contribution is 5.91. The fourth-order valence-corrected chi connectivity index (χ4v) is 2.11. The number of aliphatic hydroxyl groups is 1. The molecular weight excluding hydrogens is 264 g/mol. The second kappa shape index (κ2) is 8.15. The van der Waals surface area contributed by atoms with Crippen LogP contribution in [0.15, 0.2) is 24.3 Å². The lowest BCUT2D eigenvalue weighted by atomic mass is 9.89. The molecule has 1 atom stereocenters. The first kappa shape index (κ1) is 17.7. The first-order chi connectivity index (χ1) is 9.84. The normalized spacial score (nSPS) is 13.0. The second-order valence-electron chi connectivity index (χ2n) is 6.49. The smallest absolute Gasteiger partial charge is 0.225 e. The zero-order valence-electron chi connectivity index (χ0n) is 13.6. The molecule has 0 aliphatic rings. The van der Waals surface area contributed by atoms with Gasteiger partial charge in [0, 0.05) is 31.3 Å². The van der Waals surface area contributed by atoms with Gasteiger partial charge in [0.25, 0.3) is 0 Å².